The third-order valence-electron chi connectivity index (χ3n) is 3.66. The summed E-state index contributed by atoms with van der Waals surface area (Å²) in [5.74, 6) is -0.203. The van der Waals surface area contributed by atoms with Crippen molar-refractivity contribution >= 4 is 55.1 Å². The average Bonchev–Trinajstić information content (AvgIpc) is 2.95. The number of pyridine rings is 1. The minimum Gasteiger partial charge on any atom is -0.298 e. The highest BCUT2D eigenvalue weighted by Crippen LogP contribution is 2.28. The molecule has 24 heavy (non-hydrogen) atoms. The first-order chi connectivity index (χ1) is 11.6. The summed E-state index contributed by atoms with van der Waals surface area (Å²) in [5.41, 5.74) is 3.09. The molecule has 118 valence electrons. The summed E-state index contributed by atoms with van der Waals surface area (Å²) in [6.45, 7) is 1.93. The molecule has 0 unspecified atom stereocenters. The Hall–Kier alpha value is -2.50. The number of anilines is 1. The Morgan fingerprint density at radius 2 is 1.88 bits per heavy atom. The quantitative estimate of drug-likeness (QED) is 0.548. The lowest BCUT2D eigenvalue weighted by Crippen LogP contribution is -2.11. The van der Waals surface area contributed by atoms with E-state index in [9.17, 15) is 4.79 Å². The van der Waals surface area contributed by atoms with E-state index in [1.807, 2.05) is 37.3 Å². The molecule has 0 spiro atoms. The van der Waals surface area contributed by atoms with E-state index in [0.717, 1.165) is 26.8 Å². The molecule has 2 aromatic heterocycles. The second kappa shape index (κ2) is 5.85. The van der Waals surface area contributed by atoms with Gasteiger partial charge in [-0.05, 0) is 43.3 Å². The fourth-order valence-electron chi connectivity index (χ4n) is 2.48. The van der Waals surface area contributed by atoms with E-state index in [-0.39, 0.29) is 5.91 Å². The molecule has 0 saturated heterocycles. The van der Waals surface area contributed by atoms with E-state index in [0.29, 0.717) is 15.7 Å². The Labute approximate surface area is 147 Å². The molecule has 0 aliphatic carbocycles. The van der Waals surface area contributed by atoms with Gasteiger partial charge in [0.05, 0.1) is 15.7 Å². The zero-order chi connectivity index (χ0) is 16.7. The van der Waals surface area contributed by atoms with E-state index in [1.54, 1.807) is 18.2 Å². The summed E-state index contributed by atoms with van der Waals surface area (Å²) in [6.07, 6.45) is 0. The fourth-order valence-corrected chi connectivity index (χ4v) is 3.62. The number of rotatable bonds is 2. The number of halogens is 1. The number of amides is 1. The van der Waals surface area contributed by atoms with E-state index >= 15 is 0 Å². The van der Waals surface area contributed by atoms with Gasteiger partial charge in [0.15, 0.2) is 5.13 Å². The number of hydrogen-bond donors (Lipinski definition) is 1. The lowest BCUT2D eigenvalue weighted by atomic mass is 10.1. The van der Waals surface area contributed by atoms with Gasteiger partial charge in [0.1, 0.15) is 0 Å². The van der Waals surface area contributed by atoms with E-state index in [4.69, 9.17) is 11.6 Å². The summed E-state index contributed by atoms with van der Waals surface area (Å²) in [6, 6.07) is 14.9. The van der Waals surface area contributed by atoms with Crippen molar-refractivity contribution in [2.75, 3.05) is 5.32 Å². The summed E-state index contributed by atoms with van der Waals surface area (Å²) in [5, 5.41) is 5.05. The van der Waals surface area contributed by atoms with Crippen LogP contribution in [0.5, 0.6) is 0 Å². The predicted octanol–water partition coefficient (Wildman–Crippen LogP) is 5.06. The summed E-state index contributed by atoms with van der Waals surface area (Å²) in [7, 11) is 0. The maximum Gasteiger partial charge on any atom is 0.257 e. The number of hydrogen-bond acceptors (Lipinski definition) is 4. The van der Waals surface area contributed by atoms with Crippen LogP contribution in [-0.2, 0) is 0 Å². The molecule has 4 nitrogen and oxygen atoms in total. The van der Waals surface area contributed by atoms with Gasteiger partial charge in [0.2, 0.25) is 0 Å². The van der Waals surface area contributed by atoms with E-state index in [2.05, 4.69) is 15.3 Å². The second-order valence-corrected chi connectivity index (χ2v) is 6.91. The molecule has 1 amide bonds. The molecule has 0 aliphatic rings. The molecule has 2 heterocycles. The van der Waals surface area contributed by atoms with Crippen molar-refractivity contribution in [1.29, 1.82) is 0 Å². The third kappa shape index (κ3) is 2.84. The van der Waals surface area contributed by atoms with Crippen molar-refractivity contribution in [3.8, 4) is 0 Å². The van der Waals surface area contributed by atoms with Crippen molar-refractivity contribution in [2.24, 2.45) is 0 Å². The molecule has 0 aliphatic heterocycles. The molecule has 0 bridgehead atoms. The Kier molecular flexibility index (Phi) is 3.67. The van der Waals surface area contributed by atoms with Gasteiger partial charge in [0, 0.05) is 21.7 Å². The number of thiazole rings is 1. The van der Waals surface area contributed by atoms with Gasteiger partial charge in [-0.25, -0.2) is 4.98 Å². The zero-order valence-electron chi connectivity index (χ0n) is 12.7. The summed E-state index contributed by atoms with van der Waals surface area (Å²) in [4.78, 5) is 21.4. The number of nitrogens with zero attached hydrogens (tertiary/aromatic N) is 2. The predicted molar refractivity (Wildman–Crippen MR) is 99.1 cm³/mol. The SMILES string of the molecule is Cc1ccc2ccc(C(=O)Nc3nc4ccc(Cl)cc4s3)cc2n1. The van der Waals surface area contributed by atoms with Crippen LogP contribution in [0.2, 0.25) is 5.02 Å². The van der Waals surface area contributed by atoms with Crippen LogP contribution in [0, 0.1) is 6.92 Å². The smallest absolute Gasteiger partial charge is 0.257 e. The van der Waals surface area contributed by atoms with Crippen LogP contribution in [0.1, 0.15) is 16.1 Å². The maximum atomic E-state index is 12.5. The Morgan fingerprint density at radius 3 is 2.75 bits per heavy atom. The lowest BCUT2D eigenvalue weighted by molar-refractivity contribution is 0.102. The highest BCUT2D eigenvalue weighted by atomic mass is 35.5. The van der Waals surface area contributed by atoms with Crippen molar-refractivity contribution in [2.45, 2.75) is 6.92 Å². The molecule has 0 radical (unpaired) electrons. The van der Waals surface area contributed by atoms with Crippen molar-refractivity contribution in [1.82, 2.24) is 9.97 Å². The third-order valence-corrected chi connectivity index (χ3v) is 4.83. The first kappa shape index (κ1) is 15.1. The first-order valence-electron chi connectivity index (χ1n) is 7.33. The second-order valence-electron chi connectivity index (χ2n) is 5.45. The Morgan fingerprint density at radius 1 is 1.04 bits per heavy atom. The number of aryl methyl sites for hydroxylation is 1. The van der Waals surface area contributed by atoms with E-state index in [1.165, 1.54) is 11.3 Å². The summed E-state index contributed by atoms with van der Waals surface area (Å²) >= 11 is 7.38. The minimum atomic E-state index is -0.203. The topological polar surface area (TPSA) is 54.9 Å². The molecule has 4 aromatic rings. The zero-order valence-corrected chi connectivity index (χ0v) is 14.3. The largest absolute Gasteiger partial charge is 0.298 e. The van der Waals surface area contributed by atoms with Crippen LogP contribution in [0.25, 0.3) is 21.1 Å². The number of nitrogens with one attached hydrogen (secondary N) is 1. The Balaban J connectivity index is 1.65. The van der Waals surface area contributed by atoms with Gasteiger partial charge in [-0.15, -0.1) is 0 Å². The lowest BCUT2D eigenvalue weighted by Gasteiger charge is -2.04. The van der Waals surface area contributed by atoms with Gasteiger partial charge < -0.3 is 0 Å². The van der Waals surface area contributed by atoms with Gasteiger partial charge in [-0.1, -0.05) is 35.1 Å². The van der Waals surface area contributed by atoms with Crippen LogP contribution in [0.15, 0.2) is 48.5 Å². The number of aromatic nitrogens is 2. The van der Waals surface area contributed by atoms with Crippen LogP contribution >= 0.6 is 22.9 Å². The molecule has 4 rings (SSSR count). The van der Waals surface area contributed by atoms with Gasteiger partial charge in [-0.3, -0.25) is 15.1 Å². The van der Waals surface area contributed by atoms with Crippen molar-refractivity contribution < 1.29 is 4.79 Å². The monoisotopic (exact) mass is 353 g/mol. The highest BCUT2D eigenvalue weighted by Gasteiger charge is 2.11. The Bertz CT molecular complexity index is 1090. The van der Waals surface area contributed by atoms with E-state index < -0.39 is 0 Å². The summed E-state index contributed by atoms with van der Waals surface area (Å²) < 4.78 is 0.939. The molecule has 2 aromatic carbocycles. The maximum absolute atomic E-state index is 12.5. The van der Waals surface area contributed by atoms with Crippen LogP contribution in [0.3, 0.4) is 0 Å². The van der Waals surface area contributed by atoms with Crippen LogP contribution in [-0.4, -0.2) is 15.9 Å². The van der Waals surface area contributed by atoms with Gasteiger partial charge in [-0.2, -0.15) is 0 Å². The van der Waals surface area contributed by atoms with Gasteiger partial charge >= 0.3 is 0 Å². The van der Waals surface area contributed by atoms with Crippen LogP contribution in [0.4, 0.5) is 5.13 Å². The van der Waals surface area contributed by atoms with Crippen molar-refractivity contribution in [3.05, 3.63) is 64.8 Å². The molecule has 6 heteroatoms. The number of carbonyl (C=O) groups excluding carboxylic acids is 1. The number of fused-ring (bicyclic) bond motifs is 2. The minimum absolute atomic E-state index is 0.203. The van der Waals surface area contributed by atoms with Gasteiger partial charge in [0.25, 0.3) is 5.91 Å². The van der Waals surface area contributed by atoms with Crippen molar-refractivity contribution in [3.63, 3.8) is 0 Å². The fraction of sp³-hybridized carbons (Fsp3) is 0.0556. The molecule has 1 N–H and O–H groups in total. The standard InChI is InChI=1S/C18H12ClN3OS/c1-10-2-3-11-4-5-12(8-15(11)20-10)17(23)22-18-21-14-7-6-13(19)9-16(14)24-18/h2-9H,1H3,(H,21,22,23). The normalized spacial score (nSPS) is 11.1. The van der Waals surface area contributed by atoms with Crippen LogP contribution < -0.4 is 5.32 Å². The molecule has 0 atom stereocenters. The molecule has 0 saturated carbocycles. The molecule has 0 fully saturated rings. The highest BCUT2D eigenvalue weighted by molar-refractivity contribution is 7.22. The molecular formula is C18H12ClN3OS. The molecular weight excluding hydrogens is 342 g/mol. The first-order valence-corrected chi connectivity index (χ1v) is 8.53. The average molecular weight is 354 g/mol. The number of benzene rings is 2. The number of carbonyl (C=O) groups is 1.